The van der Waals surface area contributed by atoms with Gasteiger partial charge >= 0.3 is 0 Å². The summed E-state index contributed by atoms with van der Waals surface area (Å²) in [5.41, 5.74) is 1.89. The summed E-state index contributed by atoms with van der Waals surface area (Å²) in [6.45, 7) is 0.927. The van der Waals surface area contributed by atoms with Crippen LogP contribution in [0.3, 0.4) is 0 Å². The van der Waals surface area contributed by atoms with Crippen LogP contribution in [0, 0.1) is 5.82 Å². The smallest absolute Gasteiger partial charge is 0.123 e. The minimum atomic E-state index is -0.214. The van der Waals surface area contributed by atoms with Gasteiger partial charge in [0.25, 0.3) is 0 Å². The van der Waals surface area contributed by atoms with Gasteiger partial charge in [-0.05, 0) is 31.3 Å². The monoisotopic (exact) mass is 236 g/mol. The summed E-state index contributed by atoms with van der Waals surface area (Å²) in [4.78, 5) is 4.50. The molecule has 1 heterocycles. The zero-order valence-electron chi connectivity index (χ0n) is 9.03. The molecule has 0 radical (unpaired) electrons. The molecule has 1 aromatic heterocycles. The van der Waals surface area contributed by atoms with Crippen molar-refractivity contribution in [1.82, 2.24) is 10.3 Å². The maximum atomic E-state index is 12.7. The Balaban J connectivity index is 2.15. The molecule has 2 aromatic rings. The quantitative estimate of drug-likeness (QED) is 0.883. The van der Waals surface area contributed by atoms with Crippen LogP contribution in [-0.4, -0.2) is 18.6 Å². The van der Waals surface area contributed by atoms with E-state index in [-0.39, 0.29) is 5.82 Å². The molecule has 0 aliphatic carbocycles. The number of thiazole rings is 1. The Morgan fingerprint density at radius 3 is 2.75 bits per heavy atom. The lowest BCUT2D eigenvalue weighted by atomic mass is 10.2. The van der Waals surface area contributed by atoms with Crippen LogP contribution in [0.25, 0.3) is 11.3 Å². The fourth-order valence-corrected chi connectivity index (χ4v) is 2.22. The molecule has 1 aromatic carbocycles. The van der Waals surface area contributed by atoms with E-state index < -0.39 is 0 Å². The minimum absolute atomic E-state index is 0.214. The van der Waals surface area contributed by atoms with Crippen LogP contribution in [-0.2, 0) is 6.42 Å². The highest BCUT2D eigenvalue weighted by Gasteiger charge is 2.04. The summed E-state index contributed by atoms with van der Waals surface area (Å²) in [6.07, 6.45) is 0.933. The van der Waals surface area contributed by atoms with E-state index in [1.165, 1.54) is 12.1 Å². The molecule has 2 rings (SSSR count). The average Bonchev–Trinajstić information content (AvgIpc) is 2.76. The van der Waals surface area contributed by atoms with E-state index in [1.54, 1.807) is 23.5 Å². The molecule has 0 aliphatic heterocycles. The minimum Gasteiger partial charge on any atom is -0.319 e. The Kier molecular flexibility index (Phi) is 3.64. The summed E-state index contributed by atoms with van der Waals surface area (Å²) in [6, 6.07) is 6.43. The molecular formula is C12H13FN2S. The second kappa shape index (κ2) is 5.18. The highest BCUT2D eigenvalue weighted by atomic mass is 32.1. The van der Waals surface area contributed by atoms with Gasteiger partial charge in [0, 0.05) is 23.9 Å². The van der Waals surface area contributed by atoms with Gasteiger partial charge in [-0.15, -0.1) is 11.3 Å². The van der Waals surface area contributed by atoms with Gasteiger partial charge in [0.1, 0.15) is 5.82 Å². The fraction of sp³-hybridized carbons (Fsp3) is 0.250. The second-order valence-electron chi connectivity index (χ2n) is 3.49. The number of nitrogens with zero attached hydrogens (tertiary/aromatic N) is 1. The van der Waals surface area contributed by atoms with Crippen molar-refractivity contribution < 1.29 is 4.39 Å². The number of likely N-dealkylation sites (N-methyl/N-ethyl adjacent to an activating group) is 1. The molecule has 16 heavy (non-hydrogen) atoms. The Morgan fingerprint density at radius 1 is 1.31 bits per heavy atom. The zero-order valence-corrected chi connectivity index (χ0v) is 9.85. The first-order chi connectivity index (χ1) is 7.79. The highest BCUT2D eigenvalue weighted by molar-refractivity contribution is 7.09. The Hall–Kier alpha value is -1.26. The highest BCUT2D eigenvalue weighted by Crippen LogP contribution is 2.22. The molecule has 1 N–H and O–H groups in total. The van der Waals surface area contributed by atoms with Gasteiger partial charge < -0.3 is 5.32 Å². The topological polar surface area (TPSA) is 24.9 Å². The van der Waals surface area contributed by atoms with Crippen molar-refractivity contribution >= 4 is 11.3 Å². The number of aromatic nitrogens is 1. The first-order valence-electron chi connectivity index (χ1n) is 5.14. The maximum absolute atomic E-state index is 12.7. The van der Waals surface area contributed by atoms with Crippen LogP contribution in [0.5, 0.6) is 0 Å². The van der Waals surface area contributed by atoms with Crippen LogP contribution in [0.2, 0.25) is 0 Å². The Morgan fingerprint density at radius 2 is 2.06 bits per heavy atom. The molecular weight excluding hydrogens is 223 g/mol. The SMILES string of the molecule is CNCCc1nc(-c2ccc(F)cc2)cs1. The molecule has 0 atom stereocenters. The van der Waals surface area contributed by atoms with Crippen LogP contribution in [0.4, 0.5) is 4.39 Å². The van der Waals surface area contributed by atoms with Crippen molar-refractivity contribution in [1.29, 1.82) is 0 Å². The number of rotatable bonds is 4. The van der Waals surface area contributed by atoms with Gasteiger partial charge in [-0.3, -0.25) is 0 Å². The summed E-state index contributed by atoms with van der Waals surface area (Å²) in [7, 11) is 1.93. The molecule has 0 aliphatic rings. The third kappa shape index (κ3) is 2.65. The number of hydrogen-bond acceptors (Lipinski definition) is 3. The summed E-state index contributed by atoms with van der Waals surface area (Å²) in [5.74, 6) is -0.214. The number of halogens is 1. The van der Waals surface area contributed by atoms with E-state index in [4.69, 9.17) is 0 Å². The zero-order chi connectivity index (χ0) is 11.4. The largest absolute Gasteiger partial charge is 0.319 e. The standard InChI is InChI=1S/C12H13FN2S/c1-14-7-6-12-15-11(8-16-12)9-2-4-10(13)5-3-9/h2-5,8,14H,6-7H2,1H3. The fourth-order valence-electron chi connectivity index (χ4n) is 1.41. The Bertz CT molecular complexity index is 450. The molecule has 0 bridgehead atoms. The van der Waals surface area contributed by atoms with Crippen LogP contribution in [0.15, 0.2) is 29.6 Å². The first kappa shape index (κ1) is 11.2. The van der Waals surface area contributed by atoms with Gasteiger partial charge in [-0.1, -0.05) is 0 Å². The maximum Gasteiger partial charge on any atom is 0.123 e. The molecule has 0 fully saturated rings. The summed E-state index contributed by atoms with van der Waals surface area (Å²) in [5, 5.41) is 6.21. The molecule has 2 nitrogen and oxygen atoms in total. The number of benzene rings is 1. The molecule has 0 saturated carbocycles. The van der Waals surface area contributed by atoms with E-state index in [1.807, 2.05) is 12.4 Å². The third-order valence-corrected chi connectivity index (χ3v) is 3.19. The lowest BCUT2D eigenvalue weighted by Crippen LogP contribution is -2.09. The van der Waals surface area contributed by atoms with Crippen LogP contribution < -0.4 is 5.32 Å². The lowest BCUT2D eigenvalue weighted by molar-refractivity contribution is 0.628. The van der Waals surface area contributed by atoms with Gasteiger partial charge in [0.15, 0.2) is 0 Å². The van der Waals surface area contributed by atoms with Crippen molar-refractivity contribution in [3.05, 3.63) is 40.5 Å². The average molecular weight is 236 g/mol. The van der Waals surface area contributed by atoms with Gasteiger partial charge in [0.2, 0.25) is 0 Å². The van der Waals surface area contributed by atoms with E-state index >= 15 is 0 Å². The molecule has 0 saturated heterocycles. The lowest BCUT2D eigenvalue weighted by Gasteiger charge is -1.96. The van der Waals surface area contributed by atoms with Crippen LogP contribution in [0.1, 0.15) is 5.01 Å². The van der Waals surface area contributed by atoms with E-state index in [9.17, 15) is 4.39 Å². The first-order valence-corrected chi connectivity index (χ1v) is 6.02. The second-order valence-corrected chi connectivity index (χ2v) is 4.43. The number of hydrogen-bond donors (Lipinski definition) is 1. The summed E-state index contributed by atoms with van der Waals surface area (Å²) < 4.78 is 12.7. The van der Waals surface area contributed by atoms with Crippen LogP contribution >= 0.6 is 11.3 Å². The van der Waals surface area contributed by atoms with E-state index in [0.29, 0.717) is 0 Å². The van der Waals surface area contributed by atoms with Crippen molar-refractivity contribution in [2.24, 2.45) is 0 Å². The third-order valence-electron chi connectivity index (χ3n) is 2.28. The predicted octanol–water partition coefficient (Wildman–Crippen LogP) is 2.71. The van der Waals surface area contributed by atoms with Crippen molar-refractivity contribution in [3.8, 4) is 11.3 Å². The van der Waals surface area contributed by atoms with Crippen molar-refractivity contribution in [2.75, 3.05) is 13.6 Å². The van der Waals surface area contributed by atoms with Gasteiger partial charge in [-0.25, -0.2) is 9.37 Å². The molecule has 0 unspecified atom stereocenters. The van der Waals surface area contributed by atoms with E-state index in [0.717, 1.165) is 29.2 Å². The van der Waals surface area contributed by atoms with Crippen molar-refractivity contribution in [3.63, 3.8) is 0 Å². The molecule has 4 heteroatoms. The molecule has 0 amide bonds. The molecule has 0 spiro atoms. The van der Waals surface area contributed by atoms with E-state index in [2.05, 4.69) is 10.3 Å². The molecule has 84 valence electrons. The predicted molar refractivity (Wildman–Crippen MR) is 65.1 cm³/mol. The normalized spacial score (nSPS) is 10.6. The van der Waals surface area contributed by atoms with Gasteiger partial charge in [-0.2, -0.15) is 0 Å². The number of nitrogens with one attached hydrogen (secondary N) is 1. The Labute approximate surface area is 98.2 Å². The van der Waals surface area contributed by atoms with Gasteiger partial charge in [0.05, 0.1) is 10.7 Å². The van der Waals surface area contributed by atoms with Crippen molar-refractivity contribution in [2.45, 2.75) is 6.42 Å². The summed E-state index contributed by atoms with van der Waals surface area (Å²) >= 11 is 1.64.